The molecule has 7 nitrogen and oxygen atoms in total. The molecule has 1 fully saturated rings. The molecule has 0 amide bonds. The van der Waals surface area contributed by atoms with Crippen LogP contribution in [0.25, 0.3) is 0 Å². The number of aryl methyl sites for hydroxylation is 2. The summed E-state index contributed by atoms with van der Waals surface area (Å²) in [7, 11) is 1.70. The molecule has 94 valence electrons. The average Bonchev–Trinajstić information content (AvgIpc) is 2.73. The Hall–Kier alpha value is -1.63. The number of hydrogen-bond acceptors (Lipinski definition) is 5. The fourth-order valence-corrected chi connectivity index (χ4v) is 2.06. The van der Waals surface area contributed by atoms with Crippen LogP contribution in [0, 0.1) is 17.0 Å². The predicted molar refractivity (Wildman–Crippen MR) is 62.1 cm³/mol. The van der Waals surface area contributed by atoms with Gasteiger partial charge in [-0.25, -0.2) is 4.68 Å². The summed E-state index contributed by atoms with van der Waals surface area (Å²) in [6.07, 6.45) is 0.828. The minimum atomic E-state index is -0.399. The smallest absolute Gasteiger partial charge is 0.333 e. The summed E-state index contributed by atoms with van der Waals surface area (Å²) < 4.78 is 6.83. The summed E-state index contributed by atoms with van der Waals surface area (Å²) in [6, 6.07) is 0. The van der Waals surface area contributed by atoms with E-state index in [1.54, 1.807) is 14.0 Å². The molecule has 1 N–H and O–H groups in total. The van der Waals surface area contributed by atoms with Crippen molar-refractivity contribution in [2.75, 3.05) is 18.5 Å². The summed E-state index contributed by atoms with van der Waals surface area (Å²) in [5, 5.41) is 18.3. The largest absolute Gasteiger partial charge is 0.379 e. The van der Waals surface area contributed by atoms with E-state index >= 15 is 0 Å². The van der Waals surface area contributed by atoms with E-state index in [0.29, 0.717) is 24.7 Å². The molecule has 7 heteroatoms. The third kappa shape index (κ3) is 2.10. The van der Waals surface area contributed by atoms with E-state index in [-0.39, 0.29) is 11.2 Å². The molecule has 0 saturated carbocycles. The lowest BCUT2D eigenvalue weighted by Gasteiger charge is -2.24. The Morgan fingerprint density at radius 2 is 2.35 bits per heavy atom. The van der Waals surface area contributed by atoms with Crippen LogP contribution in [0.2, 0.25) is 0 Å². The summed E-state index contributed by atoms with van der Waals surface area (Å²) in [4.78, 5) is 10.6. The first-order valence-corrected chi connectivity index (χ1v) is 5.47. The van der Waals surface area contributed by atoms with Crippen molar-refractivity contribution < 1.29 is 9.66 Å². The van der Waals surface area contributed by atoms with Crippen molar-refractivity contribution in [3.63, 3.8) is 0 Å². The summed E-state index contributed by atoms with van der Waals surface area (Å²) in [5.74, 6) is 0.445. The molecular weight excluding hydrogens is 224 g/mol. The minimum Gasteiger partial charge on any atom is -0.379 e. The van der Waals surface area contributed by atoms with Gasteiger partial charge in [0.1, 0.15) is 5.69 Å². The van der Waals surface area contributed by atoms with Crippen LogP contribution in [0.1, 0.15) is 19.0 Å². The van der Waals surface area contributed by atoms with Crippen molar-refractivity contribution >= 4 is 11.5 Å². The Morgan fingerprint density at radius 1 is 1.65 bits per heavy atom. The highest BCUT2D eigenvalue weighted by Crippen LogP contribution is 2.32. The molecule has 1 aliphatic rings. The Balaban J connectivity index is 2.34. The van der Waals surface area contributed by atoms with E-state index in [1.165, 1.54) is 4.68 Å². The molecule has 1 aromatic rings. The van der Waals surface area contributed by atoms with Gasteiger partial charge in [0.2, 0.25) is 5.82 Å². The standard InChI is InChI=1S/C10H16N4O3/c1-7-8(14(15)16)9(13(3)12-7)11-10(2)4-5-17-6-10/h11H,4-6H2,1-3H3. The molecule has 0 spiro atoms. The van der Waals surface area contributed by atoms with Gasteiger partial charge in [0.15, 0.2) is 0 Å². The maximum atomic E-state index is 11.0. The number of nitrogens with zero attached hydrogens (tertiary/aromatic N) is 3. The zero-order chi connectivity index (χ0) is 12.6. The third-order valence-corrected chi connectivity index (χ3v) is 3.01. The molecule has 0 radical (unpaired) electrons. The van der Waals surface area contributed by atoms with Crippen LogP contribution in [0.4, 0.5) is 11.5 Å². The molecule has 2 rings (SSSR count). The SMILES string of the molecule is Cc1nn(C)c(NC2(C)CCOC2)c1[N+](=O)[O-]. The predicted octanol–water partition coefficient (Wildman–Crippen LogP) is 1.23. The van der Waals surface area contributed by atoms with Gasteiger partial charge in [-0.2, -0.15) is 5.10 Å². The second-order valence-corrected chi connectivity index (χ2v) is 4.65. The van der Waals surface area contributed by atoms with Gasteiger partial charge in [0.05, 0.1) is 17.1 Å². The fourth-order valence-electron chi connectivity index (χ4n) is 2.06. The van der Waals surface area contributed by atoms with Crippen LogP contribution in [0.15, 0.2) is 0 Å². The topological polar surface area (TPSA) is 82.2 Å². The van der Waals surface area contributed by atoms with Crippen molar-refractivity contribution in [2.45, 2.75) is 25.8 Å². The zero-order valence-corrected chi connectivity index (χ0v) is 10.2. The van der Waals surface area contributed by atoms with E-state index in [2.05, 4.69) is 10.4 Å². The van der Waals surface area contributed by atoms with Crippen LogP contribution in [-0.2, 0) is 11.8 Å². The van der Waals surface area contributed by atoms with E-state index in [0.717, 1.165) is 6.42 Å². The Labute approximate surface area is 98.9 Å². The second kappa shape index (κ2) is 3.99. The molecular formula is C10H16N4O3. The molecule has 17 heavy (non-hydrogen) atoms. The van der Waals surface area contributed by atoms with Crippen LogP contribution in [-0.4, -0.2) is 33.5 Å². The molecule has 1 aromatic heterocycles. The number of anilines is 1. The molecule has 1 aliphatic heterocycles. The van der Waals surface area contributed by atoms with E-state index in [1.807, 2.05) is 6.92 Å². The van der Waals surface area contributed by atoms with E-state index in [4.69, 9.17) is 4.74 Å². The zero-order valence-electron chi connectivity index (χ0n) is 10.2. The first-order valence-electron chi connectivity index (χ1n) is 5.47. The van der Waals surface area contributed by atoms with Gasteiger partial charge in [-0.1, -0.05) is 0 Å². The van der Waals surface area contributed by atoms with Crippen molar-refractivity contribution in [3.8, 4) is 0 Å². The molecule has 1 saturated heterocycles. The van der Waals surface area contributed by atoms with Gasteiger partial charge >= 0.3 is 5.69 Å². The quantitative estimate of drug-likeness (QED) is 0.634. The van der Waals surface area contributed by atoms with Crippen molar-refractivity contribution in [1.29, 1.82) is 0 Å². The number of rotatable bonds is 3. The fraction of sp³-hybridized carbons (Fsp3) is 0.700. The minimum absolute atomic E-state index is 0.0422. The molecule has 2 heterocycles. The highest BCUT2D eigenvalue weighted by Gasteiger charge is 2.34. The maximum Gasteiger partial charge on any atom is 0.333 e. The Bertz CT molecular complexity index is 449. The maximum absolute atomic E-state index is 11.0. The van der Waals surface area contributed by atoms with Crippen LogP contribution >= 0.6 is 0 Å². The lowest BCUT2D eigenvalue weighted by atomic mass is 10.0. The first-order chi connectivity index (χ1) is 7.93. The lowest BCUT2D eigenvalue weighted by molar-refractivity contribution is -0.384. The van der Waals surface area contributed by atoms with Gasteiger partial charge in [0.25, 0.3) is 0 Å². The molecule has 0 aliphatic carbocycles. The molecule has 0 bridgehead atoms. The summed E-state index contributed by atoms with van der Waals surface area (Å²) in [5.41, 5.74) is 0.202. The highest BCUT2D eigenvalue weighted by molar-refractivity contribution is 5.60. The second-order valence-electron chi connectivity index (χ2n) is 4.65. The van der Waals surface area contributed by atoms with Crippen molar-refractivity contribution in [2.24, 2.45) is 7.05 Å². The van der Waals surface area contributed by atoms with Gasteiger partial charge in [0, 0.05) is 13.7 Å². The third-order valence-electron chi connectivity index (χ3n) is 3.01. The lowest BCUT2D eigenvalue weighted by Crippen LogP contribution is -2.36. The average molecular weight is 240 g/mol. The van der Waals surface area contributed by atoms with Crippen LogP contribution in [0.3, 0.4) is 0 Å². The van der Waals surface area contributed by atoms with E-state index in [9.17, 15) is 10.1 Å². The molecule has 1 atom stereocenters. The molecule has 0 aromatic carbocycles. The number of nitrogens with one attached hydrogen (secondary N) is 1. The first kappa shape index (κ1) is 11.8. The number of aromatic nitrogens is 2. The van der Waals surface area contributed by atoms with Crippen molar-refractivity contribution in [3.05, 3.63) is 15.8 Å². The van der Waals surface area contributed by atoms with Gasteiger partial charge in [-0.3, -0.25) is 10.1 Å². The number of ether oxygens (including phenoxy) is 1. The summed E-state index contributed by atoms with van der Waals surface area (Å²) >= 11 is 0. The summed E-state index contributed by atoms with van der Waals surface area (Å²) in [6.45, 7) is 4.85. The number of nitro groups is 1. The van der Waals surface area contributed by atoms with Crippen molar-refractivity contribution in [1.82, 2.24) is 9.78 Å². The Kier molecular flexibility index (Phi) is 2.78. The van der Waals surface area contributed by atoms with Crippen LogP contribution < -0.4 is 5.32 Å². The van der Waals surface area contributed by atoms with Gasteiger partial charge in [-0.15, -0.1) is 0 Å². The van der Waals surface area contributed by atoms with Crippen LogP contribution in [0.5, 0.6) is 0 Å². The van der Waals surface area contributed by atoms with Gasteiger partial charge < -0.3 is 10.1 Å². The van der Waals surface area contributed by atoms with E-state index < -0.39 is 4.92 Å². The normalized spacial score (nSPS) is 23.9. The monoisotopic (exact) mass is 240 g/mol. The Morgan fingerprint density at radius 3 is 2.88 bits per heavy atom. The van der Waals surface area contributed by atoms with Gasteiger partial charge in [-0.05, 0) is 20.3 Å². The highest BCUT2D eigenvalue weighted by atomic mass is 16.6. The molecule has 1 unspecified atom stereocenters. The number of hydrogen-bond donors (Lipinski definition) is 1.